The van der Waals surface area contributed by atoms with Crippen molar-refractivity contribution in [3.05, 3.63) is 29.5 Å². The largest absolute Gasteiger partial charge is 0.460 e. The lowest BCUT2D eigenvalue weighted by Crippen LogP contribution is -2.32. The first-order valence-electron chi connectivity index (χ1n) is 8.31. The fourth-order valence-corrected chi connectivity index (χ4v) is 3.48. The predicted octanol–water partition coefficient (Wildman–Crippen LogP) is 2.20. The van der Waals surface area contributed by atoms with Crippen molar-refractivity contribution in [1.29, 1.82) is 0 Å². The highest BCUT2D eigenvalue weighted by molar-refractivity contribution is 7.89. The normalized spacial score (nSPS) is 11.8. The summed E-state index contributed by atoms with van der Waals surface area (Å²) in [6, 6.07) is 4.52. The SMILES string of the molecule is CCCNCCNS(=O)(=O)c1ccc2oc(C(=O)OCC)c(C)c2c1. The quantitative estimate of drug-likeness (QED) is 0.520. The minimum absolute atomic E-state index is 0.100. The molecule has 1 aromatic carbocycles. The molecule has 0 fully saturated rings. The number of aryl methyl sites for hydroxylation is 1. The number of rotatable bonds is 9. The van der Waals surface area contributed by atoms with Crippen molar-refractivity contribution in [3.63, 3.8) is 0 Å². The topological polar surface area (TPSA) is 97.6 Å². The first-order valence-corrected chi connectivity index (χ1v) is 9.79. The summed E-state index contributed by atoms with van der Waals surface area (Å²) < 4.78 is 37.8. The number of esters is 1. The van der Waals surface area contributed by atoms with Crippen molar-refractivity contribution in [2.45, 2.75) is 32.1 Å². The third-order valence-corrected chi connectivity index (χ3v) is 5.16. The van der Waals surface area contributed by atoms with Crippen molar-refractivity contribution in [3.8, 4) is 0 Å². The molecule has 2 rings (SSSR count). The molecule has 0 aliphatic carbocycles. The van der Waals surface area contributed by atoms with Gasteiger partial charge in [0.15, 0.2) is 0 Å². The van der Waals surface area contributed by atoms with E-state index in [4.69, 9.17) is 9.15 Å². The zero-order valence-corrected chi connectivity index (χ0v) is 15.5. The number of nitrogens with one attached hydrogen (secondary N) is 2. The molecular formula is C17H24N2O5S. The van der Waals surface area contributed by atoms with Gasteiger partial charge in [-0.25, -0.2) is 17.9 Å². The minimum Gasteiger partial charge on any atom is -0.460 e. The molecule has 8 heteroatoms. The van der Waals surface area contributed by atoms with Crippen LogP contribution in [-0.4, -0.2) is 40.6 Å². The van der Waals surface area contributed by atoms with Gasteiger partial charge < -0.3 is 14.5 Å². The number of carbonyl (C=O) groups is 1. The van der Waals surface area contributed by atoms with Crippen LogP contribution >= 0.6 is 0 Å². The molecule has 0 atom stereocenters. The van der Waals surface area contributed by atoms with E-state index in [1.54, 1.807) is 19.9 Å². The van der Waals surface area contributed by atoms with Gasteiger partial charge in [0.1, 0.15) is 5.58 Å². The van der Waals surface area contributed by atoms with Crippen molar-refractivity contribution in [1.82, 2.24) is 10.0 Å². The van der Waals surface area contributed by atoms with Gasteiger partial charge in [-0.15, -0.1) is 0 Å². The maximum absolute atomic E-state index is 12.4. The van der Waals surface area contributed by atoms with E-state index in [9.17, 15) is 13.2 Å². The molecule has 2 N–H and O–H groups in total. The van der Waals surface area contributed by atoms with Gasteiger partial charge in [-0.2, -0.15) is 0 Å². The number of hydrogen-bond donors (Lipinski definition) is 2. The molecule has 0 aliphatic heterocycles. The predicted molar refractivity (Wildman–Crippen MR) is 95.3 cm³/mol. The van der Waals surface area contributed by atoms with Gasteiger partial charge in [-0.05, 0) is 45.0 Å². The summed E-state index contributed by atoms with van der Waals surface area (Å²) in [7, 11) is -3.62. The van der Waals surface area contributed by atoms with Gasteiger partial charge in [-0.3, -0.25) is 0 Å². The molecular weight excluding hydrogens is 344 g/mol. The summed E-state index contributed by atoms with van der Waals surface area (Å²) in [5.74, 6) is -0.455. The average molecular weight is 368 g/mol. The Morgan fingerprint density at radius 2 is 1.96 bits per heavy atom. The average Bonchev–Trinajstić information content (AvgIpc) is 2.91. The van der Waals surface area contributed by atoms with Gasteiger partial charge in [0.25, 0.3) is 0 Å². The van der Waals surface area contributed by atoms with Crippen LogP contribution in [0.4, 0.5) is 0 Å². The summed E-state index contributed by atoms with van der Waals surface area (Å²) in [5.41, 5.74) is 1.01. The molecule has 138 valence electrons. The highest BCUT2D eigenvalue weighted by atomic mass is 32.2. The van der Waals surface area contributed by atoms with Crippen LogP contribution in [0.25, 0.3) is 11.0 Å². The van der Waals surface area contributed by atoms with Crippen LogP contribution in [0.3, 0.4) is 0 Å². The molecule has 0 amide bonds. The zero-order valence-electron chi connectivity index (χ0n) is 14.7. The second kappa shape index (κ2) is 8.46. The van der Waals surface area contributed by atoms with Crippen molar-refractivity contribution in [2.24, 2.45) is 0 Å². The van der Waals surface area contributed by atoms with E-state index in [2.05, 4.69) is 10.0 Å². The Morgan fingerprint density at radius 1 is 1.20 bits per heavy atom. The number of sulfonamides is 1. The molecule has 25 heavy (non-hydrogen) atoms. The van der Waals surface area contributed by atoms with E-state index in [-0.39, 0.29) is 17.3 Å². The van der Waals surface area contributed by atoms with Crippen LogP contribution in [0.15, 0.2) is 27.5 Å². The summed E-state index contributed by atoms with van der Waals surface area (Å²) in [4.78, 5) is 12.0. The van der Waals surface area contributed by atoms with Crippen LogP contribution in [0.2, 0.25) is 0 Å². The Labute approximate surface area is 147 Å². The fraction of sp³-hybridized carbons (Fsp3) is 0.471. The second-order valence-corrected chi connectivity index (χ2v) is 7.35. The molecule has 2 aromatic rings. The first kappa shape index (κ1) is 19.4. The van der Waals surface area contributed by atoms with Crippen molar-refractivity contribution in [2.75, 3.05) is 26.2 Å². The van der Waals surface area contributed by atoms with Gasteiger partial charge in [-0.1, -0.05) is 6.92 Å². The molecule has 1 heterocycles. The molecule has 7 nitrogen and oxygen atoms in total. The van der Waals surface area contributed by atoms with Gasteiger partial charge in [0.2, 0.25) is 15.8 Å². The van der Waals surface area contributed by atoms with E-state index < -0.39 is 16.0 Å². The number of furan rings is 1. The van der Waals surface area contributed by atoms with E-state index in [0.717, 1.165) is 13.0 Å². The maximum Gasteiger partial charge on any atom is 0.374 e. The number of benzene rings is 1. The molecule has 0 radical (unpaired) electrons. The Hall–Kier alpha value is -1.90. The van der Waals surface area contributed by atoms with Crippen LogP contribution < -0.4 is 10.0 Å². The number of carbonyl (C=O) groups excluding carboxylic acids is 1. The van der Waals surface area contributed by atoms with E-state index in [0.29, 0.717) is 29.6 Å². The van der Waals surface area contributed by atoms with Gasteiger partial charge >= 0.3 is 5.97 Å². The fourth-order valence-electron chi connectivity index (χ4n) is 2.42. The van der Waals surface area contributed by atoms with E-state index in [1.807, 2.05) is 6.92 Å². The lowest BCUT2D eigenvalue weighted by Gasteiger charge is -2.07. The van der Waals surface area contributed by atoms with Crippen LogP contribution in [-0.2, 0) is 14.8 Å². The molecule has 0 spiro atoms. The summed E-state index contributed by atoms with van der Waals surface area (Å²) in [6.45, 7) is 7.41. The Balaban J connectivity index is 2.22. The smallest absolute Gasteiger partial charge is 0.374 e. The second-order valence-electron chi connectivity index (χ2n) is 5.58. The molecule has 0 unspecified atom stereocenters. The zero-order chi connectivity index (χ0) is 18.4. The minimum atomic E-state index is -3.62. The van der Waals surface area contributed by atoms with Crippen molar-refractivity contribution >= 4 is 27.0 Å². The Morgan fingerprint density at radius 3 is 2.64 bits per heavy atom. The summed E-state index contributed by atoms with van der Waals surface area (Å²) in [5, 5.41) is 3.71. The third kappa shape index (κ3) is 4.59. The molecule has 0 aliphatic rings. The van der Waals surface area contributed by atoms with Crippen molar-refractivity contribution < 1.29 is 22.4 Å². The lowest BCUT2D eigenvalue weighted by molar-refractivity contribution is 0.0491. The van der Waals surface area contributed by atoms with Gasteiger partial charge in [0, 0.05) is 24.0 Å². The maximum atomic E-state index is 12.4. The number of ether oxygens (including phenoxy) is 1. The van der Waals surface area contributed by atoms with E-state index in [1.165, 1.54) is 12.1 Å². The number of hydrogen-bond acceptors (Lipinski definition) is 6. The molecule has 0 saturated carbocycles. The summed E-state index contributed by atoms with van der Waals surface area (Å²) in [6.07, 6.45) is 0.992. The monoisotopic (exact) mass is 368 g/mol. The molecule has 0 saturated heterocycles. The highest BCUT2D eigenvalue weighted by Crippen LogP contribution is 2.28. The molecule has 0 bridgehead atoms. The molecule has 1 aromatic heterocycles. The summed E-state index contributed by atoms with van der Waals surface area (Å²) >= 11 is 0. The standard InChI is InChI=1S/C17H24N2O5S/c1-4-8-18-9-10-19-25(21,22)13-6-7-15-14(11-13)12(3)16(24-15)17(20)23-5-2/h6-7,11,18-19H,4-5,8-10H2,1-3H3. The Kier molecular flexibility index (Phi) is 6.57. The van der Waals surface area contributed by atoms with E-state index >= 15 is 0 Å². The van der Waals surface area contributed by atoms with Gasteiger partial charge in [0.05, 0.1) is 11.5 Å². The Bertz CT molecular complexity index is 842. The lowest BCUT2D eigenvalue weighted by atomic mass is 10.1. The first-order chi connectivity index (χ1) is 11.9. The number of fused-ring (bicyclic) bond motifs is 1. The van der Waals surface area contributed by atoms with Crippen LogP contribution in [0.5, 0.6) is 0 Å². The third-order valence-electron chi connectivity index (χ3n) is 3.70. The van der Waals surface area contributed by atoms with Crippen LogP contribution in [0.1, 0.15) is 36.4 Å². The van der Waals surface area contributed by atoms with Crippen LogP contribution in [0, 0.1) is 6.92 Å². The highest BCUT2D eigenvalue weighted by Gasteiger charge is 2.21.